The molecule has 1 aliphatic rings. The van der Waals surface area contributed by atoms with Crippen LogP contribution in [0.25, 0.3) is 0 Å². The van der Waals surface area contributed by atoms with Gasteiger partial charge in [-0.1, -0.05) is 6.07 Å². The van der Waals surface area contributed by atoms with Crippen LogP contribution in [0.15, 0.2) is 30.7 Å². The molecule has 0 unspecified atom stereocenters. The standard InChI is InChI=1S/C17H23N5O2/c1-2-22-8-7-18-15(22)11-21-17(23)20-10-14-5-6-16(19-9-14)24-12-13-3-4-13/h5-9,13H,2-4,10-12H2,1H3,(H2,20,21,23). The van der Waals surface area contributed by atoms with E-state index in [9.17, 15) is 4.79 Å². The summed E-state index contributed by atoms with van der Waals surface area (Å²) in [6.45, 7) is 4.44. The fourth-order valence-corrected chi connectivity index (χ4v) is 2.29. The average molecular weight is 329 g/mol. The summed E-state index contributed by atoms with van der Waals surface area (Å²) < 4.78 is 7.58. The van der Waals surface area contributed by atoms with Crippen LogP contribution in [0.4, 0.5) is 4.79 Å². The minimum Gasteiger partial charge on any atom is -0.477 e. The second-order valence-corrected chi connectivity index (χ2v) is 5.92. The average Bonchev–Trinajstić information content (AvgIpc) is 3.33. The number of hydrogen-bond acceptors (Lipinski definition) is 4. The van der Waals surface area contributed by atoms with Crippen molar-refractivity contribution in [3.8, 4) is 5.88 Å². The molecule has 24 heavy (non-hydrogen) atoms. The van der Waals surface area contributed by atoms with Crippen molar-refractivity contribution in [2.45, 2.75) is 39.4 Å². The van der Waals surface area contributed by atoms with Gasteiger partial charge in [0.05, 0.1) is 13.2 Å². The zero-order valence-electron chi connectivity index (χ0n) is 13.9. The topological polar surface area (TPSA) is 81.1 Å². The quantitative estimate of drug-likeness (QED) is 0.777. The van der Waals surface area contributed by atoms with Gasteiger partial charge in [0.1, 0.15) is 5.82 Å². The fraction of sp³-hybridized carbons (Fsp3) is 0.471. The first-order chi connectivity index (χ1) is 11.7. The molecule has 0 spiro atoms. The van der Waals surface area contributed by atoms with Gasteiger partial charge in [0, 0.05) is 37.7 Å². The van der Waals surface area contributed by atoms with Gasteiger partial charge < -0.3 is 19.9 Å². The Labute approximate surface area is 141 Å². The van der Waals surface area contributed by atoms with E-state index in [4.69, 9.17) is 4.74 Å². The lowest BCUT2D eigenvalue weighted by Crippen LogP contribution is -2.35. The molecule has 128 valence electrons. The van der Waals surface area contributed by atoms with Gasteiger partial charge in [-0.25, -0.2) is 14.8 Å². The highest BCUT2D eigenvalue weighted by molar-refractivity contribution is 5.73. The van der Waals surface area contributed by atoms with Crippen LogP contribution in [0.5, 0.6) is 5.88 Å². The minimum atomic E-state index is -0.227. The Balaban J connectivity index is 1.38. The van der Waals surface area contributed by atoms with Crippen molar-refractivity contribution < 1.29 is 9.53 Å². The Morgan fingerprint density at radius 2 is 2.12 bits per heavy atom. The van der Waals surface area contributed by atoms with Crippen molar-refractivity contribution in [2.75, 3.05) is 6.61 Å². The van der Waals surface area contributed by atoms with Crippen molar-refractivity contribution in [1.82, 2.24) is 25.2 Å². The number of pyridine rings is 1. The van der Waals surface area contributed by atoms with Gasteiger partial charge in [-0.15, -0.1) is 0 Å². The predicted molar refractivity (Wildman–Crippen MR) is 89.4 cm³/mol. The molecular formula is C17H23N5O2. The lowest BCUT2D eigenvalue weighted by Gasteiger charge is -2.09. The minimum absolute atomic E-state index is 0.227. The van der Waals surface area contributed by atoms with Crippen LogP contribution in [-0.4, -0.2) is 27.2 Å². The number of aromatic nitrogens is 3. The number of nitrogens with one attached hydrogen (secondary N) is 2. The molecule has 2 aromatic rings. The highest BCUT2D eigenvalue weighted by Crippen LogP contribution is 2.29. The van der Waals surface area contributed by atoms with E-state index in [1.807, 2.05) is 29.8 Å². The molecule has 0 saturated heterocycles. The second-order valence-electron chi connectivity index (χ2n) is 5.92. The first-order valence-corrected chi connectivity index (χ1v) is 8.34. The third kappa shape index (κ3) is 4.71. The number of aryl methyl sites for hydroxylation is 1. The molecule has 1 fully saturated rings. The maximum absolute atomic E-state index is 11.9. The molecule has 7 nitrogen and oxygen atoms in total. The third-order valence-corrected chi connectivity index (χ3v) is 3.96. The predicted octanol–water partition coefficient (Wildman–Crippen LogP) is 2.09. The number of carbonyl (C=O) groups is 1. The molecule has 1 saturated carbocycles. The van der Waals surface area contributed by atoms with Gasteiger partial charge >= 0.3 is 6.03 Å². The number of hydrogen-bond donors (Lipinski definition) is 2. The molecule has 3 rings (SSSR count). The molecule has 1 aliphatic carbocycles. The smallest absolute Gasteiger partial charge is 0.315 e. The number of imidazole rings is 1. The molecule has 7 heteroatoms. The van der Waals surface area contributed by atoms with E-state index in [2.05, 4.69) is 20.6 Å². The molecule has 2 N–H and O–H groups in total. The van der Waals surface area contributed by atoms with E-state index in [1.54, 1.807) is 12.4 Å². The van der Waals surface area contributed by atoms with Crippen LogP contribution >= 0.6 is 0 Å². The summed E-state index contributed by atoms with van der Waals surface area (Å²) in [5.41, 5.74) is 0.930. The summed E-state index contributed by atoms with van der Waals surface area (Å²) in [6.07, 6.45) is 7.88. The summed E-state index contributed by atoms with van der Waals surface area (Å²) in [5, 5.41) is 5.61. The number of amides is 2. The van der Waals surface area contributed by atoms with E-state index >= 15 is 0 Å². The summed E-state index contributed by atoms with van der Waals surface area (Å²) in [7, 11) is 0. The van der Waals surface area contributed by atoms with Crippen molar-refractivity contribution in [2.24, 2.45) is 5.92 Å². The molecule has 2 aromatic heterocycles. The normalized spacial score (nSPS) is 13.5. The highest BCUT2D eigenvalue weighted by atomic mass is 16.5. The molecule has 0 atom stereocenters. The Bertz CT molecular complexity index is 664. The number of ether oxygens (including phenoxy) is 1. The molecule has 0 radical (unpaired) electrons. The van der Waals surface area contributed by atoms with Crippen molar-refractivity contribution >= 4 is 6.03 Å². The fourth-order valence-electron chi connectivity index (χ4n) is 2.29. The monoisotopic (exact) mass is 329 g/mol. The molecule has 0 aliphatic heterocycles. The van der Waals surface area contributed by atoms with Crippen molar-refractivity contribution in [3.05, 3.63) is 42.1 Å². The van der Waals surface area contributed by atoms with Crippen LogP contribution < -0.4 is 15.4 Å². The first-order valence-electron chi connectivity index (χ1n) is 8.34. The lowest BCUT2D eigenvalue weighted by atomic mass is 10.3. The zero-order valence-corrected chi connectivity index (χ0v) is 13.9. The van der Waals surface area contributed by atoms with Crippen LogP contribution in [0, 0.1) is 5.92 Å². The van der Waals surface area contributed by atoms with Crippen LogP contribution in [0.1, 0.15) is 31.2 Å². The summed E-state index contributed by atoms with van der Waals surface area (Å²) >= 11 is 0. The van der Waals surface area contributed by atoms with E-state index in [1.165, 1.54) is 12.8 Å². The van der Waals surface area contributed by atoms with Gasteiger partial charge in [-0.3, -0.25) is 0 Å². The Kier molecular flexibility index (Phi) is 5.30. The number of carbonyl (C=O) groups excluding carboxylic acids is 1. The summed E-state index contributed by atoms with van der Waals surface area (Å²) in [5.74, 6) is 2.19. The van der Waals surface area contributed by atoms with E-state index in [-0.39, 0.29) is 6.03 Å². The largest absolute Gasteiger partial charge is 0.477 e. The first kappa shape index (κ1) is 16.3. The second kappa shape index (κ2) is 7.81. The van der Waals surface area contributed by atoms with Gasteiger partial charge in [-0.2, -0.15) is 0 Å². The van der Waals surface area contributed by atoms with Gasteiger partial charge in [0.2, 0.25) is 5.88 Å². The van der Waals surface area contributed by atoms with Gasteiger partial charge in [0.25, 0.3) is 0 Å². The molecule has 0 aromatic carbocycles. The summed E-state index contributed by atoms with van der Waals surface area (Å²) in [4.78, 5) is 20.3. The van der Waals surface area contributed by atoms with Gasteiger partial charge in [-0.05, 0) is 31.2 Å². The molecule has 2 heterocycles. The van der Waals surface area contributed by atoms with Crippen LogP contribution in [0.2, 0.25) is 0 Å². The summed E-state index contributed by atoms with van der Waals surface area (Å²) in [6, 6.07) is 3.53. The Hall–Kier alpha value is -2.57. The molecular weight excluding hydrogens is 306 g/mol. The van der Waals surface area contributed by atoms with E-state index < -0.39 is 0 Å². The van der Waals surface area contributed by atoms with E-state index in [0.717, 1.165) is 24.5 Å². The Morgan fingerprint density at radius 3 is 2.83 bits per heavy atom. The number of nitrogens with zero attached hydrogens (tertiary/aromatic N) is 3. The van der Waals surface area contributed by atoms with Gasteiger partial charge in [0.15, 0.2) is 0 Å². The number of rotatable bonds is 8. The molecule has 2 amide bonds. The van der Waals surface area contributed by atoms with E-state index in [0.29, 0.717) is 24.9 Å². The zero-order chi connectivity index (χ0) is 16.8. The highest BCUT2D eigenvalue weighted by Gasteiger charge is 2.22. The lowest BCUT2D eigenvalue weighted by molar-refractivity contribution is 0.239. The SMILES string of the molecule is CCn1ccnc1CNC(=O)NCc1ccc(OCC2CC2)nc1. The van der Waals surface area contributed by atoms with Crippen molar-refractivity contribution in [3.63, 3.8) is 0 Å². The van der Waals surface area contributed by atoms with Crippen LogP contribution in [0.3, 0.4) is 0 Å². The maximum atomic E-state index is 11.9. The molecule has 0 bridgehead atoms. The van der Waals surface area contributed by atoms with Crippen molar-refractivity contribution in [1.29, 1.82) is 0 Å². The van der Waals surface area contributed by atoms with Crippen LogP contribution in [-0.2, 0) is 19.6 Å². The third-order valence-electron chi connectivity index (χ3n) is 3.96. The maximum Gasteiger partial charge on any atom is 0.315 e. The number of urea groups is 1. The Morgan fingerprint density at radius 1 is 1.29 bits per heavy atom.